The van der Waals surface area contributed by atoms with Gasteiger partial charge in [0.25, 0.3) is 5.91 Å². The Morgan fingerprint density at radius 1 is 1.19 bits per heavy atom. The fourth-order valence-corrected chi connectivity index (χ4v) is 6.78. The number of sulfonamides is 1. The summed E-state index contributed by atoms with van der Waals surface area (Å²) in [6, 6.07) is 6.39. The Balaban J connectivity index is 1.25. The number of nitrogens with one attached hydrogen (secondary N) is 2. The molecule has 1 saturated carbocycles. The highest BCUT2D eigenvalue weighted by Gasteiger charge is 2.36. The Bertz CT molecular complexity index is 1580. The van der Waals surface area contributed by atoms with Crippen LogP contribution in [-0.4, -0.2) is 52.4 Å². The molecule has 192 valence electrons. The molecule has 1 amide bonds. The van der Waals surface area contributed by atoms with Gasteiger partial charge in [0.2, 0.25) is 10.0 Å². The summed E-state index contributed by atoms with van der Waals surface area (Å²) in [5, 5.41) is 7.96. The van der Waals surface area contributed by atoms with Gasteiger partial charge in [0.05, 0.1) is 45.9 Å². The largest absolute Gasteiger partial charge is 0.381 e. The second-order valence-corrected chi connectivity index (χ2v) is 12.6. The highest BCUT2D eigenvalue weighted by atomic mass is 35.5. The lowest BCUT2D eigenvalue weighted by atomic mass is 9.95. The van der Waals surface area contributed by atoms with Crippen LogP contribution in [0.4, 0.5) is 5.69 Å². The van der Waals surface area contributed by atoms with Crippen LogP contribution in [0.15, 0.2) is 49.1 Å². The number of halogens is 1. The lowest BCUT2D eigenvalue weighted by Crippen LogP contribution is -2.34. The molecule has 10 nitrogen and oxygen atoms in total. The molecular formula is C24H23ClN6O4S2. The van der Waals surface area contributed by atoms with Crippen LogP contribution in [0.3, 0.4) is 0 Å². The van der Waals surface area contributed by atoms with Gasteiger partial charge in [0.1, 0.15) is 0 Å². The number of aromatic nitrogens is 4. The molecule has 1 aliphatic heterocycles. The van der Waals surface area contributed by atoms with Crippen molar-refractivity contribution in [3.05, 3.63) is 64.8 Å². The molecule has 37 heavy (non-hydrogen) atoms. The van der Waals surface area contributed by atoms with Gasteiger partial charge in [-0.1, -0.05) is 11.6 Å². The van der Waals surface area contributed by atoms with Crippen LogP contribution in [-0.2, 0) is 14.8 Å². The minimum Gasteiger partial charge on any atom is -0.381 e. The van der Waals surface area contributed by atoms with Crippen molar-refractivity contribution in [1.82, 2.24) is 24.9 Å². The molecule has 13 heteroatoms. The van der Waals surface area contributed by atoms with Crippen molar-refractivity contribution in [3.63, 3.8) is 0 Å². The summed E-state index contributed by atoms with van der Waals surface area (Å²) >= 11 is 7.42. The number of hydrogen-bond acceptors (Lipinski definition) is 8. The summed E-state index contributed by atoms with van der Waals surface area (Å²) in [4.78, 5) is 22.9. The van der Waals surface area contributed by atoms with Gasteiger partial charge in [0, 0.05) is 41.7 Å². The molecule has 6 rings (SSSR count). The quantitative estimate of drug-likeness (QED) is 0.335. The van der Waals surface area contributed by atoms with Gasteiger partial charge in [0.15, 0.2) is 5.01 Å². The molecular weight excluding hydrogens is 536 g/mol. The van der Waals surface area contributed by atoms with E-state index in [1.165, 1.54) is 11.3 Å². The first-order chi connectivity index (χ1) is 17.9. The lowest BCUT2D eigenvalue weighted by Gasteiger charge is -2.23. The number of thiazole rings is 1. The summed E-state index contributed by atoms with van der Waals surface area (Å²) in [5.74, 6) is -0.346. The molecule has 0 radical (unpaired) electrons. The van der Waals surface area contributed by atoms with Crippen molar-refractivity contribution in [2.24, 2.45) is 5.92 Å². The molecule has 0 aromatic carbocycles. The summed E-state index contributed by atoms with van der Waals surface area (Å²) in [6.45, 7) is 1.06. The molecule has 2 N–H and O–H groups in total. The highest BCUT2D eigenvalue weighted by molar-refractivity contribution is 7.93. The Morgan fingerprint density at radius 2 is 2.05 bits per heavy atom. The maximum absolute atomic E-state index is 13.3. The van der Waals surface area contributed by atoms with E-state index in [0.29, 0.717) is 47.5 Å². The second-order valence-electron chi connectivity index (χ2n) is 9.15. The Kier molecular flexibility index (Phi) is 6.35. The van der Waals surface area contributed by atoms with E-state index in [4.69, 9.17) is 16.3 Å². The van der Waals surface area contributed by atoms with Crippen LogP contribution in [0.5, 0.6) is 0 Å². The van der Waals surface area contributed by atoms with E-state index in [0.717, 1.165) is 22.4 Å². The number of amides is 1. The molecule has 1 saturated heterocycles. The first-order valence-electron chi connectivity index (χ1n) is 11.8. The highest BCUT2D eigenvalue weighted by Crippen LogP contribution is 2.34. The average Bonchev–Trinajstić information content (AvgIpc) is 3.25. The predicted octanol–water partition coefficient (Wildman–Crippen LogP) is 3.92. The molecule has 4 aromatic rings. The first-order valence-corrected chi connectivity index (χ1v) is 14.6. The number of carbonyl (C=O) groups excluding carboxylic acids is 1. The van der Waals surface area contributed by atoms with E-state index in [-0.39, 0.29) is 17.1 Å². The SMILES string of the molecule is O=C(NC(c1cc(NS(=O)(=O)C2CC2)ccn1)C1CCOC1)c1ncc(-c2cnn3ccc(Cl)cc23)s1. The van der Waals surface area contributed by atoms with Crippen LogP contribution in [0, 0.1) is 5.92 Å². The monoisotopic (exact) mass is 558 g/mol. The molecule has 2 aliphatic rings. The standard InChI is InChI=1S/C24H23ClN6O4S2/c25-15-4-7-31-20(9-15)18(11-28-31)21-12-27-24(36-21)23(32)29-22(14-5-8-35-13-14)19-10-16(3-6-26-19)30-37(33,34)17-1-2-17/h3-4,6-7,9-12,14,17,22H,1-2,5,8,13H2,(H,26,30)(H,29,32). The topological polar surface area (TPSA) is 128 Å². The van der Waals surface area contributed by atoms with Crippen molar-refractivity contribution in [2.45, 2.75) is 30.6 Å². The van der Waals surface area contributed by atoms with E-state index in [9.17, 15) is 13.2 Å². The van der Waals surface area contributed by atoms with E-state index in [1.807, 2.05) is 6.07 Å². The zero-order chi connectivity index (χ0) is 25.6. The molecule has 5 heterocycles. The second kappa shape index (κ2) is 9.67. The average molecular weight is 559 g/mol. The van der Waals surface area contributed by atoms with Crippen molar-refractivity contribution in [3.8, 4) is 10.4 Å². The van der Waals surface area contributed by atoms with Crippen molar-refractivity contribution < 1.29 is 17.9 Å². The third kappa shape index (κ3) is 5.06. The molecule has 0 spiro atoms. The number of hydrogen-bond donors (Lipinski definition) is 2. The number of anilines is 1. The van der Waals surface area contributed by atoms with E-state index >= 15 is 0 Å². The van der Waals surface area contributed by atoms with Gasteiger partial charge >= 0.3 is 0 Å². The van der Waals surface area contributed by atoms with Gasteiger partial charge in [-0.2, -0.15) is 5.10 Å². The number of rotatable bonds is 8. The van der Waals surface area contributed by atoms with Crippen molar-refractivity contribution >= 4 is 50.1 Å². The smallest absolute Gasteiger partial charge is 0.280 e. The molecule has 1 aliphatic carbocycles. The summed E-state index contributed by atoms with van der Waals surface area (Å²) < 4.78 is 34.8. The normalized spacial score (nSPS) is 18.7. The molecule has 2 fully saturated rings. The van der Waals surface area contributed by atoms with Crippen molar-refractivity contribution in [1.29, 1.82) is 0 Å². The zero-order valence-corrected chi connectivity index (χ0v) is 21.9. The van der Waals surface area contributed by atoms with Crippen LogP contribution in [0.1, 0.15) is 40.8 Å². The van der Waals surface area contributed by atoms with E-state index < -0.39 is 16.1 Å². The van der Waals surface area contributed by atoms with E-state index in [1.54, 1.807) is 47.5 Å². The number of fused-ring (bicyclic) bond motifs is 1. The third-order valence-electron chi connectivity index (χ3n) is 6.49. The fourth-order valence-electron chi connectivity index (χ4n) is 4.41. The Morgan fingerprint density at radius 3 is 2.84 bits per heavy atom. The van der Waals surface area contributed by atoms with Gasteiger partial charge < -0.3 is 10.1 Å². The predicted molar refractivity (Wildman–Crippen MR) is 140 cm³/mol. The van der Waals surface area contributed by atoms with Crippen LogP contribution in [0.25, 0.3) is 16.0 Å². The number of nitrogens with zero attached hydrogens (tertiary/aromatic N) is 4. The van der Waals surface area contributed by atoms with Gasteiger partial charge in [-0.05, 0) is 43.5 Å². The molecule has 0 bridgehead atoms. The summed E-state index contributed by atoms with van der Waals surface area (Å²) in [5.41, 5.74) is 2.64. The fraction of sp³-hybridized carbons (Fsp3) is 0.333. The minimum atomic E-state index is -3.42. The maximum Gasteiger partial charge on any atom is 0.280 e. The Hall–Kier alpha value is -3.06. The van der Waals surface area contributed by atoms with Gasteiger partial charge in [-0.3, -0.25) is 14.5 Å². The molecule has 2 atom stereocenters. The van der Waals surface area contributed by atoms with Crippen molar-refractivity contribution in [2.75, 3.05) is 17.9 Å². The zero-order valence-electron chi connectivity index (χ0n) is 19.5. The molecule has 2 unspecified atom stereocenters. The van der Waals surface area contributed by atoms with Gasteiger partial charge in [-0.25, -0.2) is 17.9 Å². The first kappa shape index (κ1) is 24.3. The Labute approximate surface area is 222 Å². The molecule has 4 aromatic heterocycles. The van der Waals surface area contributed by atoms with Crippen LogP contribution < -0.4 is 10.0 Å². The minimum absolute atomic E-state index is 0.00655. The van der Waals surface area contributed by atoms with Crippen LogP contribution >= 0.6 is 22.9 Å². The van der Waals surface area contributed by atoms with E-state index in [2.05, 4.69) is 25.1 Å². The summed E-state index contributed by atoms with van der Waals surface area (Å²) in [7, 11) is -3.42. The maximum atomic E-state index is 13.3. The number of pyridine rings is 2. The van der Waals surface area contributed by atoms with Crippen LogP contribution in [0.2, 0.25) is 5.02 Å². The number of ether oxygens (including phenoxy) is 1. The number of carbonyl (C=O) groups is 1. The lowest BCUT2D eigenvalue weighted by molar-refractivity contribution is 0.0914. The van der Waals surface area contributed by atoms with Gasteiger partial charge in [-0.15, -0.1) is 11.3 Å². The summed E-state index contributed by atoms with van der Waals surface area (Å²) in [6.07, 6.45) is 8.78. The third-order valence-corrected chi connectivity index (χ3v) is 9.63.